The third-order valence-corrected chi connectivity index (χ3v) is 4.84. The minimum Gasteiger partial charge on any atom is -0.444 e. The maximum atomic E-state index is 13.8. The summed E-state index contributed by atoms with van der Waals surface area (Å²) in [6.07, 6.45) is 1.29. The first-order valence-corrected chi connectivity index (χ1v) is 9.31. The van der Waals surface area contributed by atoms with Gasteiger partial charge in [-0.3, -0.25) is 0 Å². The van der Waals surface area contributed by atoms with Gasteiger partial charge in [-0.1, -0.05) is 20.8 Å². The van der Waals surface area contributed by atoms with Crippen LogP contribution >= 0.6 is 0 Å². The van der Waals surface area contributed by atoms with Crippen LogP contribution in [0.5, 0.6) is 0 Å². The molecule has 26 heavy (non-hydrogen) atoms. The highest BCUT2D eigenvalue weighted by Gasteiger charge is 2.37. The Labute approximate surface area is 155 Å². The van der Waals surface area contributed by atoms with Gasteiger partial charge in [-0.2, -0.15) is 0 Å². The molecule has 146 valence electrons. The minimum atomic E-state index is -0.541. The van der Waals surface area contributed by atoms with E-state index < -0.39 is 17.2 Å². The Morgan fingerprint density at radius 3 is 1.96 bits per heavy atom. The lowest BCUT2D eigenvalue weighted by molar-refractivity contribution is 0.0154. The first kappa shape index (κ1) is 20.7. The van der Waals surface area contributed by atoms with Crippen LogP contribution in [-0.4, -0.2) is 29.7 Å². The maximum Gasteiger partial charge on any atom is 0.410 e. The number of carbonyl (C=O) groups is 1. The van der Waals surface area contributed by atoms with E-state index in [0.29, 0.717) is 18.7 Å². The van der Waals surface area contributed by atoms with E-state index >= 15 is 0 Å². The van der Waals surface area contributed by atoms with Crippen molar-refractivity contribution in [2.45, 2.75) is 65.9 Å². The van der Waals surface area contributed by atoms with Gasteiger partial charge in [0.15, 0.2) is 0 Å². The van der Waals surface area contributed by atoms with E-state index in [1.807, 2.05) is 20.8 Å². The number of ether oxygens (including phenoxy) is 1. The summed E-state index contributed by atoms with van der Waals surface area (Å²) in [4.78, 5) is 14.0. The van der Waals surface area contributed by atoms with Gasteiger partial charge in [0.25, 0.3) is 0 Å². The second-order valence-corrected chi connectivity index (χ2v) is 9.35. The maximum absolute atomic E-state index is 13.8. The molecule has 0 aliphatic carbocycles. The molecule has 0 bridgehead atoms. The summed E-state index contributed by atoms with van der Waals surface area (Å²) in [6, 6.07) is 3.80. The molecule has 0 saturated carbocycles. The molecule has 1 unspecified atom stereocenters. The molecule has 1 fully saturated rings. The van der Waals surface area contributed by atoms with Gasteiger partial charge in [-0.25, -0.2) is 13.6 Å². The number of benzene rings is 1. The van der Waals surface area contributed by atoms with Crippen LogP contribution < -0.4 is 0 Å². The Hall–Kier alpha value is -1.65. The summed E-state index contributed by atoms with van der Waals surface area (Å²) in [5, 5.41) is 0. The van der Waals surface area contributed by atoms with Gasteiger partial charge in [0, 0.05) is 19.2 Å². The highest BCUT2D eigenvalue weighted by molar-refractivity contribution is 5.68. The van der Waals surface area contributed by atoms with Gasteiger partial charge in [0.2, 0.25) is 0 Å². The summed E-state index contributed by atoms with van der Waals surface area (Å²) in [5.74, 6) is -0.802. The molecule has 2 rings (SSSR count). The Bertz CT molecular complexity index is 618. The summed E-state index contributed by atoms with van der Waals surface area (Å²) < 4.78 is 33.0. The fraction of sp³-hybridized carbons (Fsp3) is 0.667. The average molecular weight is 367 g/mol. The van der Waals surface area contributed by atoms with E-state index in [1.165, 1.54) is 12.1 Å². The summed E-state index contributed by atoms with van der Waals surface area (Å²) in [6.45, 7) is 13.1. The topological polar surface area (TPSA) is 29.5 Å². The molecule has 1 aliphatic heterocycles. The zero-order chi connectivity index (χ0) is 19.7. The molecular weight excluding hydrogens is 336 g/mol. The van der Waals surface area contributed by atoms with Gasteiger partial charge in [0.05, 0.1) is 0 Å². The van der Waals surface area contributed by atoms with Crippen molar-refractivity contribution < 1.29 is 18.3 Å². The highest BCUT2D eigenvalue weighted by atomic mass is 19.1. The number of nitrogens with zero attached hydrogens (tertiary/aromatic N) is 1. The molecule has 1 amide bonds. The Morgan fingerprint density at radius 1 is 1.04 bits per heavy atom. The van der Waals surface area contributed by atoms with Crippen LogP contribution in [0.1, 0.15) is 65.9 Å². The fourth-order valence-corrected chi connectivity index (χ4v) is 3.98. The average Bonchev–Trinajstić information content (AvgIpc) is 2.43. The molecule has 1 aromatic carbocycles. The lowest BCUT2D eigenvalue weighted by atomic mass is 9.67. The first-order chi connectivity index (χ1) is 11.9. The van der Waals surface area contributed by atoms with Crippen LogP contribution in [0, 0.1) is 23.0 Å². The Morgan fingerprint density at radius 2 is 1.54 bits per heavy atom. The van der Waals surface area contributed by atoms with Gasteiger partial charge < -0.3 is 9.64 Å². The second-order valence-electron chi connectivity index (χ2n) is 9.35. The zero-order valence-electron chi connectivity index (χ0n) is 16.7. The van der Waals surface area contributed by atoms with Crippen LogP contribution in [0.25, 0.3) is 0 Å². The van der Waals surface area contributed by atoms with Crippen molar-refractivity contribution in [1.29, 1.82) is 0 Å². The van der Waals surface area contributed by atoms with Crippen molar-refractivity contribution in [3.8, 4) is 0 Å². The molecule has 0 spiro atoms. The highest BCUT2D eigenvalue weighted by Crippen LogP contribution is 2.45. The van der Waals surface area contributed by atoms with Crippen molar-refractivity contribution in [3.63, 3.8) is 0 Å². The molecule has 1 aliphatic rings. The third-order valence-electron chi connectivity index (χ3n) is 4.84. The first-order valence-electron chi connectivity index (χ1n) is 9.31. The van der Waals surface area contributed by atoms with E-state index in [9.17, 15) is 13.6 Å². The normalized spacial score (nSPS) is 17.9. The fourth-order valence-electron chi connectivity index (χ4n) is 3.98. The molecule has 1 atom stereocenters. The summed E-state index contributed by atoms with van der Waals surface area (Å²) in [7, 11) is 0. The van der Waals surface area contributed by atoms with Crippen LogP contribution in [-0.2, 0) is 4.74 Å². The zero-order valence-corrected chi connectivity index (χ0v) is 16.7. The monoisotopic (exact) mass is 367 g/mol. The van der Waals surface area contributed by atoms with Crippen molar-refractivity contribution in [2.24, 2.45) is 11.3 Å². The third kappa shape index (κ3) is 5.42. The molecule has 0 aromatic heterocycles. The Balaban J connectivity index is 2.14. The van der Waals surface area contributed by atoms with Crippen LogP contribution in [0.3, 0.4) is 0 Å². The van der Waals surface area contributed by atoms with E-state index in [4.69, 9.17) is 4.74 Å². The lowest BCUT2D eigenvalue weighted by Crippen LogP contribution is -2.43. The van der Waals surface area contributed by atoms with Gasteiger partial charge in [0.1, 0.15) is 17.2 Å². The van der Waals surface area contributed by atoms with Gasteiger partial charge >= 0.3 is 6.09 Å². The van der Waals surface area contributed by atoms with E-state index in [-0.39, 0.29) is 23.3 Å². The van der Waals surface area contributed by atoms with Crippen molar-refractivity contribution >= 4 is 6.09 Å². The standard InChI is InChI=1S/C21H31F2NO2/c1-20(2,3)18(15-11-16(22)13-17(23)12-15)14-7-9-24(10-8-14)19(25)26-21(4,5)6/h11-14,18H,7-10H2,1-6H3. The molecule has 1 saturated heterocycles. The predicted octanol–water partition coefficient (Wildman–Crippen LogP) is 5.74. The molecule has 5 heteroatoms. The Kier molecular flexibility index (Phi) is 5.99. The van der Waals surface area contributed by atoms with Crippen molar-refractivity contribution in [2.75, 3.05) is 13.1 Å². The number of hydrogen-bond donors (Lipinski definition) is 0. The molecule has 1 heterocycles. The number of halogens is 2. The number of piperidine rings is 1. The molecule has 0 radical (unpaired) electrons. The largest absolute Gasteiger partial charge is 0.444 e. The van der Waals surface area contributed by atoms with E-state index in [0.717, 1.165) is 18.9 Å². The molecular formula is C21H31F2NO2. The quantitative estimate of drug-likeness (QED) is 0.667. The van der Waals surface area contributed by atoms with Gasteiger partial charge in [-0.05, 0) is 68.6 Å². The van der Waals surface area contributed by atoms with Crippen LogP contribution in [0.4, 0.5) is 13.6 Å². The van der Waals surface area contributed by atoms with Crippen molar-refractivity contribution in [1.82, 2.24) is 4.90 Å². The predicted molar refractivity (Wildman–Crippen MR) is 99.1 cm³/mol. The number of rotatable bonds is 2. The smallest absolute Gasteiger partial charge is 0.410 e. The SMILES string of the molecule is CC(C)(C)OC(=O)N1CCC(C(c2cc(F)cc(F)c2)C(C)(C)C)CC1. The summed E-state index contributed by atoms with van der Waals surface area (Å²) in [5.41, 5.74) is 0.0469. The lowest BCUT2D eigenvalue weighted by Gasteiger charge is -2.42. The van der Waals surface area contributed by atoms with Crippen molar-refractivity contribution in [3.05, 3.63) is 35.4 Å². The minimum absolute atomic E-state index is 0.0217. The molecule has 1 aromatic rings. The number of hydrogen-bond acceptors (Lipinski definition) is 2. The second kappa shape index (κ2) is 7.53. The molecule has 0 N–H and O–H groups in total. The van der Waals surface area contributed by atoms with Gasteiger partial charge in [-0.15, -0.1) is 0 Å². The van der Waals surface area contributed by atoms with Crippen LogP contribution in [0.2, 0.25) is 0 Å². The number of amides is 1. The number of likely N-dealkylation sites (tertiary alicyclic amines) is 1. The summed E-state index contributed by atoms with van der Waals surface area (Å²) >= 11 is 0. The van der Waals surface area contributed by atoms with E-state index in [2.05, 4.69) is 20.8 Å². The van der Waals surface area contributed by atoms with Crippen LogP contribution in [0.15, 0.2) is 18.2 Å². The van der Waals surface area contributed by atoms with E-state index in [1.54, 1.807) is 4.90 Å². The number of carbonyl (C=O) groups excluding carboxylic acids is 1. The molecule has 3 nitrogen and oxygen atoms in total.